The quantitative estimate of drug-likeness (QED) is 0.836. The Morgan fingerprint density at radius 2 is 2.00 bits per heavy atom. The highest BCUT2D eigenvalue weighted by atomic mass is 16.4. The van der Waals surface area contributed by atoms with Crippen molar-refractivity contribution in [3.05, 3.63) is 35.4 Å². The van der Waals surface area contributed by atoms with Crippen LogP contribution in [-0.4, -0.2) is 22.5 Å². The van der Waals surface area contributed by atoms with Crippen molar-refractivity contribution in [2.24, 2.45) is 0 Å². The first-order chi connectivity index (χ1) is 8.56. The summed E-state index contributed by atoms with van der Waals surface area (Å²) in [6, 6.07) is 7.43. The van der Waals surface area contributed by atoms with Gasteiger partial charge in [0.2, 0.25) is 0 Å². The van der Waals surface area contributed by atoms with Gasteiger partial charge in [0.25, 0.3) is 5.91 Å². The summed E-state index contributed by atoms with van der Waals surface area (Å²) in [5.41, 5.74) is 1.13. The molecule has 96 valence electrons. The van der Waals surface area contributed by atoms with Crippen molar-refractivity contribution < 1.29 is 14.7 Å². The fraction of sp³-hybridized carbons (Fsp3) is 0.429. The van der Waals surface area contributed by atoms with Gasteiger partial charge in [0.05, 0.1) is 12.0 Å². The lowest BCUT2D eigenvalue weighted by Crippen LogP contribution is -2.38. The van der Waals surface area contributed by atoms with Gasteiger partial charge in [0, 0.05) is 5.56 Å². The van der Waals surface area contributed by atoms with Crippen LogP contribution in [0.4, 0.5) is 0 Å². The van der Waals surface area contributed by atoms with Crippen LogP contribution in [0.1, 0.15) is 42.1 Å². The number of hydrogen-bond donors (Lipinski definition) is 2. The second-order valence-electron chi connectivity index (χ2n) is 4.82. The van der Waals surface area contributed by atoms with Crippen molar-refractivity contribution in [1.29, 1.82) is 0 Å². The highest BCUT2D eigenvalue weighted by Gasteiger charge is 2.46. The minimum atomic E-state index is -0.864. The molecule has 0 spiro atoms. The number of hydrogen-bond acceptors (Lipinski definition) is 2. The Hall–Kier alpha value is -1.84. The normalized spacial score (nSPS) is 16.1. The van der Waals surface area contributed by atoms with E-state index in [4.69, 9.17) is 5.11 Å². The number of carboxylic acids is 1. The Morgan fingerprint density at radius 3 is 2.56 bits per heavy atom. The van der Waals surface area contributed by atoms with E-state index in [1.54, 1.807) is 6.07 Å². The number of nitrogens with one attached hydrogen (secondary N) is 1. The SMILES string of the molecule is CCc1ccccc1C(=O)NC1(CC(=O)O)CC1. The van der Waals surface area contributed by atoms with Crippen molar-refractivity contribution >= 4 is 11.9 Å². The molecular formula is C14H17NO3. The van der Waals surface area contributed by atoms with E-state index in [2.05, 4.69) is 5.32 Å². The summed E-state index contributed by atoms with van der Waals surface area (Å²) >= 11 is 0. The zero-order valence-electron chi connectivity index (χ0n) is 10.4. The van der Waals surface area contributed by atoms with Crippen LogP contribution in [0.15, 0.2) is 24.3 Å². The molecule has 1 aromatic rings. The zero-order valence-corrected chi connectivity index (χ0v) is 10.4. The molecule has 2 rings (SSSR count). The third kappa shape index (κ3) is 2.70. The number of carboxylic acid groups (broad SMARTS) is 1. The summed E-state index contributed by atoms with van der Waals surface area (Å²) in [6.07, 6.45) is 2.29. The van der Waals surface area contributed by atoms with Crippen LogP contribution >= 0.6 is 0 Å². The molecule has 0 saturated heterocycles. The topological polar surface area (TPSA) is 66.4 Å². The van der Waals surface area contributed by atoms with Crippen molar-refractivity contribution in [2.45, 2.75) is 38.1 Å². The molecule has 0 bridgehead atoms. The lowest BCUT2D eigenvalue weighted by atomic mass is 10.0. The van der Waals surface area contributed by atoms with E-state index in [0.29, 0.717) is 5.56 Å². The van der Waals surface area contributed by atoms with Gasteiger partial charge in [-0.15, -0.1) is 0 Å². The van der Waals surface area contributed by atoms with Crippen LogP contribution in [0.25, 0.3) is 0 Å². The van der Waals surface area contributed by atoms with Crippen molar-refractivity contribution in [2.75, 3.05) is 0 Å². The molecule has 0 atom stereocenters. The molecule has 0 aromatic heterocycles. The zero-order chi connectivity index (χ0) is 13.2. The molecule has 1 aromatic carbocycles. The average molecular weight is 247 g/mol. The predicted octanol–water partition coefficient (Wildman–Crippen LogP) is 1.99. The molecule has 0 radical (unpaired) electrons. The number of carbonyl (C=O) groups is 2. The van der Waals surface area contributed by atoms with E-state index in [-0.39, 0.29) is 12.3 Å². The number of rotatable bonds is 5. The molecule has 1 amide bonds. The van der Waals surface area contributed by atoms with E-state index in [1.165, 1.54) is 0 Å². The minimum absolute atomic E-state index is 0.00698. The van der Waals surface area contributed by atoms with E-state index >= 15 is 0 Å². The Kier molecular flexibility index (Phi) is 3.36. The lowest BCUT2D eigenvalue weighted by molar-refractivity contribution is -0.137. The Bertz CT molecular complexity index is 478. The second-order valence-corrected chi connectivity index (χ2v) is 4.82. The fourth-order valence-corrected chi connectivity index (χ4v) is 2.14. The lowest BCUT2D eigenvalue weighted by Gasteiger charge is -2.16. The third-order valence-corrected chi connectivity index (χ3v) is 3.36. The number of benzene rings is 1. The molecule has 1 fully saturated rings. The number of aryl methyl sites for hydroxylation is 1. The average Bonchev–Trinajstić information content (AvgIpc) is 3.07. The maximum atomic E-state index is 12.2. The van der Waals surface area contributed by atoms with Gasteiger partial charge >= 0.3 is 5.97 Å². The molecule has 0 unspecified atom stereocenters. The van der Waals surface area contributed by atoms with Gasteiger partial charge in [-0.1, -0.05) is 25.1 Å². The second kappa shape index (κ2) is 4.80. The first-order valence-corrected chi connectivity index (χ1v) is 6.18. The summed E-state index contributed by atoms with van der Waals surface area (Å²) in [4.78, 5) is 22.9. The first-order valence-electron chi connectivity index (χ1n) is 6.18. The summed E-state index contributed by atoms with van der Waals surface area (Å²) < 4.78 is 0. The van der Waals surface area contributed by atoms with Gasteiger partial charge in [-0.3, -0.25) is 9.59 Å². The standard InChI is InChI=1S/C14H17NO3/c1-2-10-5-3-4-6-11(10)13(18)15-14(7-8-14)9-12(16)17/h3-6H,2,7-9H2,1H3,(H,15,18)(H,16,17). The molecule has 0 aliphatic heterocycles. The van der Waals surface area contributed by atoms with Crippen LogP contribution in [0.5, 0.6) is 0 Å². The van der Waals surface area contributed by atoms with Gasteiger partial charge in [0.15, 0.2) is 0 Å². The maximum absolute atomic E-state index is 12.2. The summed E-state index contributed by atoms with van der Waals surface area (Å²) in [5.74, 6) is -1.03. The Labute approximate surface area is 106 Å². The molecule has 4 heteroatoms. The molecule has 2 N–H and O–H groups in total. The Morgan fingerprint density at radius 1 is 1.33 bits per heavy atom. The van der Waals surface area contributed by atoms with Crippen LogP contribution in [0.2, 0.25) is 0 Å². The highest BCUT2D eigenvalue weighted by Crippen LogP contribution is 2.39. The summed E-state index contributed by atoms with van der Waals surface area (Å²) in [6.45, 7) is 2.00. The largest absolute Gasteiger partial charge is 0.481 e. The van der Waals surface area contributed by atoms with E-state index in [0.717, 1.165) is 24.8 Å². The molecule has 1 saturated carbocycles. The minimum Gasteiger partial charge on any atom is -0.481 e. The number of carbonyl (C=O) groups excluding carboxylic acids is 1. The smallest absolute Gasteiger partial charge is 0.305 e. The predicted molar refractivity (Wildman–Crippen MR) is 67.5 cm³/mol. The van der Waals surface area contributed by atoms with E-state index < -0.39 is 11.5 Å². The Balaban J connectivity index is 2.10. The molecule has 1 aliphatic carbocycles. The highest BCUT2D eigenvalue weighted by molar-refractivity contribution is 5.96. The fourth-order valence-electron chi connectivity index (χ4n) is 2.14. The van der Waals surface area contributed by atoms with Gasteiger partial charge < -0.3 is 10.4 Å². The van der Waals surface area contributed by atoms with Crippen LogP contribution in [0.3, 0.4) is 0 Å². The third-order valence-electron chi connectivity index (χ3n) is 3.36. The van der Waals surface area contributed by atoms with E-state index in [1.807, 2.05) is 25.1 Å². The van der Waals surface area contributed by atoms with Gasteiger partial charge in [-0.25, -0.2) is 0 Å². The molecule has 1 aliphatic rings. The van der Waals surface area contributed by atoms with Crippen molar-refractivity contribution in [1.82, 2.24) is 5.32 Å². The van der Waals surface area contributed by atoms with E-state index in [9.17, 15) is 9.59 Å². The number of amides is 1. The van der Waals surface area contributed by atoms with Gasteiger partial charge in [0.1, 0.15) is 0 Å². The summed E-state index contributed by atoms with van der Waals surface area (Å²) in [5, 5.41) is 11.7. The maximum Gasteiger partial charge on any atom is 0.305 e. The molecule has 18 heavy (non-hydrogen) atoms. The van der Waals surface area contributed by atoms with Crippen molar-refractivity contribution in [3.8, 4) is 0 Å². The molecular weight excluding hydrogens is 230 g/mol. The van der Waals surface area contributed by atoms with Crippen LogP contribution in [-0.2, 0) is 11.2 Å². The molecule has 0 heterocycles. The summed E-state index contributed by atoms with van der Waals surface area (Å²) in [7, 11) is 0. The van der Waals surface area contributed by atoms with Crippen molar-refractivity contribution in [3.63, 3.8) is 0 Å². The van der Waals surface area contributed by atoms with Crippen LogP contribution < -0.4 is 5.32 Å². The molecule has 4 nitrogen and oxygen atoms in total. The number of aliphatic carboxylic acids is 1. The van der Waals surface area contributed by atoms with Gasteiger partial charge in [-0.2, -0.15) is 0 Å². The van der Waals surface area contributed by atoms with Gasteiger partial charge in [-0.05, 0) is 30.9 Å². The first kappa shape index (κ1) is 12.6. The van der Waals surface area contributed by atoms with Crippen LogP contribution in [0, 0.1) is 0 Å². The monoisotopic (exact) mass is 247 g/mol.